The summed E-state index contributed by atoms with van der Waals surface area (Å²) in [4.78, 5) is 18.8. The van der Waals surface area contributed by atoms with Crippen LogP contribution in [0.5, 0.6) is 0 Å². The molecule has 8 heteroatoms. The van der Waals surface area contributed by atoms with Crippen molar-refractivity contribution in [3.8, 4) is 0 Å². The van der Waals surface area contributed by atoms with Crippen molar-refractivity contribution in [3.05, 3.63) is 71.0 Å². The number of rotatable bonds is 5. The SMILES string of the molecule is CN=C(NCc1ccc(C(=O)N2CC(C)OC(C)C2)cc1)NCc1ccccc1F.I. The van der Waals surface area contributed by atoms with E-state index < -0.39 is 0 Å². The van der Waals surface area contributed by atoms with E-state index in [1.54, 1.807) is 25.2 Å². The molecular formula is C23H30FIN4O2. The van der Waals surface area contributed by atoms with E-state index in [0.717, 1.165) is 5.56 Å². The van der Waals surface area contributed by atoms with Gasteiger partial charge in [-0.25, -0.2) is 4.39 Å². The van der Waals surface area contributed by atoms with Crippen LogP contribution in [0.25, 0.3) is 0 Å². The molecule has 31 heavy (non-hydrogen) atoms. The van der Waals surface area contributed by atoms with Crippen LogP contribution in [0.4, 0.5) is 4.39 Å². The van der Waals surface area contributed by atoms with E-state index in [-0.39, 0.29) is 47.9 Å². The highest BCUT2D eigenvalue weighted by Gasteiger charge is 2.26. The van der Waals surface area contributed by atoms with Crippen LogP contribution in [-0.4, -0.2) is 49.1 Å². The fourth-order valence-corrected chi connectivity index (χ4v) is 3.52. The Morgan fingerprint density at radius 2 is 1.68 bits per heavy atom. The molecule has 2 aromatic carbocycles. The van der Waals surface area contributed by atoms with Gasteiger partial charge in [0.1, 0.15) is 5.82 Å². The standard InChI is InChI=1S/C23H29FN4O2.HI/c1-16-14-28(15-17(2)30-16)22(29)19-10-8-18(9-11-19)12-26-23(25-3)27-13-20-6-4-5-7-21(20)24;/h4-11,16-17H,12-15H2,1-3H3,(H2,25,26,27);1H. The lowest BCUT2D eigenvalue weighted by molar-refractivity contribution is -0.0586. The smallest absolute Gasteiger partial charge is 0.254 e. The van der Waals surface area contributed by atoms with Gasteiger partial charge in [-0.3, -0.25) is 9.79 Å². The van der Waals surface area contributed by atoms with Crippen LogP contribution in [-0.2, 0) is 17.8 Å². The summed E-state index contributed by atoms with van der Waals surface area (Å²) in [7, 11) is 1.67. The molecule has 1 heterocycles. The molecule has 3 rings (SSSR count). The third-order valence-corrected chi connectivity index (χ3v) is 5.00. The number of ether oxygens (including phenoxy) is 1. The molecule has 1 fully saturated rings. The summed E-state index contributed by atoms with van der Waals surface area (Å²) in [5.41, 5.74) is 2.27. The Bertz CT molecular complexity index is 881. The second-order valence-corrected chi connectivity index (χ2v) is 7.54. The fourth-order valence-electron chi connectivity index (χ4n) is 3.52. The number of benzene rings is 2. The Balaban J connectivity index is 0.00000341. The first-order chi connectivity index (χ1) is 14.5. The van der Waals surface area contributed by atoms with Crippen LogP contribution in [0, 0.1) is 5.82 Å². The van der Waals surface area contributed by atoms with E-state index in [4.69, 9.17) is 4.74 Å². The van der Waals surface area contributed by atoms with Crippen LogP contribution in [0.15, 0.2) is 53.5 Å². The molecular weight excluding hydrogens is 510 g/mol. The minimum atomic E-state index is -0.246. The normalized spacial score (nSPS) is 18.8. The molecule has 0 radical (unpaired) electrons. The zero-order chi connectivity index (χ0) is 21.5. The predicted molar refractivity (Wildman–Crippen MR) is 131 cm³/mol. The van der Waals surface area contributed by atoms with Crippen LogP contribution in [0.1, 0.15) is 35.3 Å². The molecule has 2 atom stereocenters. The maximum atomic E-state index is 13.7. The van der Waals surface area contributed by atoms with Gasteiger partial charge in [0.25, 0.3) is 5.91 Å². The van der Waals surface area contributed by atoms with Crippen LogP contribution in [0.3, 0.4) is 0 Å². The Kier molecular flexibility index (Phi) is 9.70. The van der Waals surface area contributed by atoms with Gasteiger partial charge in [-0.05, 0) is 37.6 Å². The largest absolute Gasteiger partial charge is 0.372 e. The number of guanidine groups is 1. The number of carbonyl (C=O) groups excluding carboxylic acids is 1. The quantitative estimate of drug-likeness (QED) is 0.346. The fraction of sp³-hybridized carbons (Fsp3) is 0.391. The number of halogens is 2. The summed E-state index contributed by atoms with van der Waals surface area (Å²) in [5.74, 6) is 0.360. The maximum Gasteiger partial charge on any atom is 0.254 e. The van der Waals surface area contributed by atoms with Gasteiger partial charge in [0.2, 0.25) is 0 Å². The molecule has 1 saturated heterocycles. The Hall–Kier alpha value is -2.20. The molecule has 2 N–H and O–H groups in total. The van der Waals surface area contributed by atoms with Gasteiger partial charge in [0.15, 0.2) is 5.96 Å². The molecule has 0 spiro atoms. The van der Waals surface area contributed by atoms with Gasteiger partial charge in [0.05, 0.1) is 12.2 Å². The topological polar surface area (TPSA) is 66.0 Å². The van der Waals surface area contributed by atoms with Gasteiger partial charge in [-0.15, -0.1) is 24.0 Å². The number of carbonyl (C=O) groups is 1. The van der Waals surface area contributed by atoms with E-state index in [2.05, 4.69) is 15.6 Å². The Labute approximate surface area is 200 Å². The van der Waals surface area contributed by atoms with Crippen molar-refractivity contribution in [1.82, 2.24) is 15.5 Å². The van der Waals surface area contributed by atoms with Gasteiger partial charge in [-0.2, -0.15) is 0 Å². The molecule has 0 bridgehead atoms. The second kappa shape index (κ2) is 12.0. The number of amides is 1. The number of nitrogens with zero attached hydrogens (tertiary/aromatic N) is 2. The first-order valence-corrected chi connectivity index (χ1v) is 10.2. The van der Waals surface area contributed by atoms with E-state index in [1.165, 1.54) is 6.07 Å². The maximum absolute atomic E-state index is 13.7. The number of hydrogen-bond donors (Lipinski definition) is 2. The summed E-state index contributed by atoms with van der Waals surface area (Å²) in [6.07, 6.45) is 0.0922. The molecule has 168 valence electrons. The summed E-state index contributed by atoms with van der Waals surface area (Å²) < 4.78 is 19.4. The molecule has 6 nitrogen and oxygen atoms in total. The van der Waals surface area contributed by atoms with Gasteiger partial charge in [-0.1, -0.05) is 30.3 Å². The zero-order valence-corrected chi connectivity index (χ0v) is 20.4. The average molecular weight is 540 g/mol. The first kappa shape index (κ1) is 25.1. The van der Waals surface area contributed by atoms with Crippen molar-refractivity contribution in [2.24, 2.45) is 4.99 Å². The lowest BCUT2D eigenvalue weighted by Gasteiger charge is -2.35. The average Bonchev–Trinajstić information content (AvgIpc) is 2.74. The number of aliphatic imine (C=N–C) groups is 1. The number of morpholine rings is 1. The lowest BCUT2D eigenvalue weighted by Crippen LogP contribution is -2.48. The summed E-state index contributed by atoms with van der Waals surface area (Å²) in [6.45, 7) is 6.07. The van der Waals surface area contributed by atoms with Crippen LogP contribution < -0.4 is 10.6 Å². The van der Waals surface area contributed by atoms with E-state index in [0.29, 0.717) is 43.3 Å². The molecule has 2 unspecified atom stereocenters. The van der Waals surface area contributed by atoms with E-state index >= 15 is 0 Å². The molecule has 1 amide bonds. The Morgan fingerprint density at radius 3 is 2.29 bits per heavy atom. The molecule has 0 aromatic heterocycles. The first-order valence-electron chi connectivity index (χ1n) is 10.2. The van der Waals surface area contributed by atoms with Gasteiger partial charge < -0.3 is 20.3 Å². The van der Waals surface area contributed by atoms with Crippen LogP contribution >= 0.6 is 24.0 Å². The van der Waals surface area contributed by atoms with Crippen molar-refractivity contribution in [1.29, 1.82) is 0 Å². The van der Waals surface area contributed by atoms with E-state index in [9.17, 15) is 9.18 Å². The summed E-state index contributed by atoms with van der Waals surface area (Å²) in [6, 6.07) is 14.2. The monoisotopic (exact) mass is 540 g/mol. The third kappa shape index (κ3) is 7.17. The third-order valence-electron chi connectivity index (χ3n) is 5.00. The number of nitrogens with one attached hydrogen (secondary N) is 2. The van der Waals surface area contributed by atoms with Crippen molar-refractivity contribution in [2.75, 3.05) is 20.1 Å². The minimum absolute atomic E-state index is 0. The van der Waals surface area contributed by atoms with Crippen molar-refractivity contribution < 1.29 is 13.9 Å². The molecule has 1 aliphatic rings. The highest BCUT2D eigenvalue weighted by atomic mass is 127. The summed E-state index contributed by atoms with van der Waals surface area (Å²) in [5, 5.41) is 6.31. The van der Waals surface area contributed by atoms with Gasteiger partial charge >= 0.3 is 0 Å². The number of hydrogen-bond acceptors (Lipinski definition) is 3. The van der Waals surface area contributed by atoms with Crippen molar-refractivity contribution in [3.63, 3.8) is 0 Å². The van der Waals surface area contributed by atoms with Crippen LogP contribution in [0.2, 0.25) is 0 Å². The summed E-state index contributed by atoms with van der Waals surface area (Å²) >= 11 is 0. The molecule has 0 aliphatic carbocycles. The Morgan fingerprint density at radius 1 is 1.06 bits per heavy atom. The lowest BCUT2D eigenvalue weighted by atomic mass is 10.1. The molecule has 2 aromatic rings. The van der Waals surface area contributed by atoms with Crippen molar-refractivity contribution in [2.45, 2.75) is 39.1 Å². The highest BCUT2D eigenvalue weighted by molar-refractivity contribution is 14.0. The predicted octanol–water partition coefficient (Wildman–Crippen LogP) is 3.56. The highest BCUT2D eigenvalue weighted by Crippen LogP contribution is 2.15. The molecule has 1 aliphatic heterocycles. The van der Waals surface area contributed by atoms with Crippen molar-refractivity contribution >= 4 is 35.8 Å². The zero-order valence-electron chi connectivity index (χ0n) is 18.1. The van der Waals surface area contributed by atoms with E-state index in [1.807, 2.05) is 43.0 Å². The van der Waals surface area contributed by atoms with Gasteiger partial charge in [0, 0.05) is 44.4 Å². The molecule has 0 saturated carbocycles. The minimum Gasteiger partial charge on any atom is -0.372 e. The second-order valence-electron chi connectivity index (χ2n) is 7.54.